The maximum Gasteiger partial charge on any atom is 0.242 e. The van der Waals surface area contributed by atoms with Crippen molar-refractivity contribution >= 4 is 10.0 Å². The van der Waals surface area contributed by atoms with Crippen LogP contribution in [0.25, 0.3) is 0 Å². The van der Waals surface area contributed by atoms with Gasteiger partial charge >= 0.3 is 0 Å². The number of nitrogens with one attached hydrogen (secondary N) is 1. The molecule has 0 saturated carbocycles. The van der Waals surface area contributed by atoms with Gasteiger partial charge in [-0.3, -0.25) is 0 Å². The van der Waals surface area contributed by atoms with E-state index in [-0.39, 0.29) is 17.5 Å². The summed E-state index contributed by atoms with van der Waals surface area (Å²) in [7, 11) is -1.81. The predicted octanol–water partition coefficient (Wildman–Crippen LogP) is 0.670. The van der Waals surface area contributed by atoms with Gasteiger partial charge in [-0.15, -0.1) is 0 Å². The van der Waals surface area contributed by atoms with Gasteiger partial charge in [-0.05, 0) is 38.9 Å². The van der Waals surface area contributed by atoms with Crippen LogP contribution < -0.4 is 4.72 Å². The first-order valence-corrected chi connectivity index (χ1v) is 8.91. The lowest BCUT2D eigenvalue weighted by molar-refractivity contribution is 0.215. The Kier molecular flexibility index (Phi) is 5.43. The molecule has 1 atom stereocenters. The maximum absolute atomic E-state index is 12.3. The van der Waals surface area contributed by atoms with Crippen molar-refractivity contribution in [3.8, 4) is 0 Å². The number of hydrogen-bond acceptors (Lipinski definition) is 4. The molecule has 1 fully saturated rings. The molecule has 0 bridgehead atoms. The van der Waals surface area contributed by atoms with E-state index in [1.807, 2.05) is 6.92 Å². The van der Waals surface area contributed by atoms with Gasteiger partial charge in [0.2, 0.25) is 10.0 Å². The van der Waals surface area contributed by atoms with Gasteiger partial charge in [0, 0.05) is 31.5 Å². The number of aryl methyl sites for hydroxylation is 1. The number of nitrogens with zero attached hydrogens (tertiary/aromatic N) is 2. The summed E-state index contributed by atoms with van der Waals surface area (Å²) in [5, 5.41) is 9.15. The van der Waals surface area contributed by atoms with E-state index < -0.39 is 10.0 Å². The van der Waals surface area contributed by atoms with Gasteiger partial charge in [0.25, 0.3) is 0 Å². The van der Waals surface area contributed by atoms with Crippen molar-refractivity contribution in [2.24, 2.45) is 7.05 Å². The third-order valence-electron chi connectivity index (χ3n) is 3.89. The zero-order valence-corrected chi connectivity index (χ0v) is 13.6. The average molecular weight is 315 g/mol. The van der Waals surface area contributed by atoms with Crippen LogP contribution in [0.3, 0.4) is 0 Å². The molecular weight excluding hydrogens is 290 g/mol. The minimum Gasteiger partial charge on any atom is -0.390 e. The molecule has 1 saturated heterocycles. The van der Waals surface area contributed by atoms with Crippen molar-refractivity contribution < 1.29 is 13.5 Å². The predicted molar refractivity (Wildman–Crippen MR) is 81.4 cm³/mol. The van der Waals surface area contributed by atoms with E-state index in [1.165, 1.54) is 31.5 Å². The molecule has 1 aromatic heterocycles. The van der Waals surface area contributed by atoms with Crippen LogP contribution in [0.2, 0.25) is 0 Å². The Morgan fingerprint density at radius 1 is 1.33 bits per heavy atom. The van der Waals surface area contributed by atoms with E-state index >= 15 is 0 Å². The molecule has 1 unspecified atom stereocenters. The number of aromatic nitrogens is 1. The molecule has 7 heteroatoms. The zero-order valence-electron chi connectivity index (χ0n) is 12.7. The Labute approximate surface area is 126 Å². The van der Waals surface area contributed by atoms with Crippen LogP contribution in [0.5, 0.6) is 0 Å². The summed E-state index contributed by atoms with van der Waals surface area (Å²) >= 11 is 0. The molecule has 21 heavy (non-hydrogen) atoms. The smallest absolute Gasteiger partial charge is 0.242 e. The SMILES string of the molecule is CC(CN1CCCCC1)NS(=O)(=O)c1cc(CO)n(C)c1. The summed E-state index contributed by atoms with van der Waals surface area (Å²) < 4.78 is 29.0. The Bertz CT molecular complexity index is 562. The highest BCUT2D eigenvalue weighted by atomic mass is 32.2. The molecule has 2 heterocycles. The third kappa shape index (κ3) is 4.29. The maximum atomic E-state index is 12.3. The number of sulfonamides is 1. The number of rotatable bonds is 6. The number of hydrogen-bond donors (Lipinski definition) is 2. The second kappa shape index (κ2) is 6.91. The van der Waals surface area contributed by atoms with Crippen molar-refractivity contribution in [2.45, 2.75) is 43.7 Å². The molecule has 1 aromatic rings. The van der Waals surface area contributed by atoms with Gasteiger partial charge in [0.1, 0.15) is 0 Å². The highest BCUT2D eigenvalue weighted by Gasteiger charge is 2.21. The van der Waals surface area contributed by atoms with Gasteiger partial charge in [-0.25, -0.2) is 13.1 Å². The Balaban J connectivity index is 1.98. The van der Waals surface area contributed by atoms with Crippen molar-refractivity contribution in [3.63, 3.8) is 0 Å². The number of aliphatic hydroxyl groups is 1. The van der Waals surface area contributed by atoms with Crippen molar-refractivity contribution in [2.75, 3.05) is 19.6 Å². The van der Waals surface area contributed by atoms with Crippen LogP contribution >= 0.6 is 0 Å². The minimum absolute atomic E-state index is 0.133. The minimum atomic E-state index is -3.53. The molecule has 6 nitrogen and oxygen atoms in total. The molecule has 0 radical (unpaired) electrons. The first-order chi connectivity index (χ1) is 9.92. The molecule has 0 amide bonds. The van der Waals surface area contributed by atoms with Crippen molar-refractivity contribution in [3.05, 3.63) is 18.0 Å². The van der Waals surface area contributed by atoms with Crippen molar-refractivity contribution in [1.29, 1.82) is 0 Å². The van der Waals surface area contributed by atoms with Crippen molar-refractivity contribution in [1.82, 2.24) is 14.2 Å². The van der Waals surface area contributed by atoms with Gasteiger partial charge in [0.05, 0.1) is 11.5 Å². The lowest BCUT2D eigenvalue weighted by atomic mass is 10.1. The highest BCUT2D eigenvalue weighted by molar-refractivity contribution is 7.89. The van der Waals surface area contributed by atoms with Crippen LogP contribution in [0.4, 0.5) is 0 Å². The lowest BCUT2D eigenvalue weighted by Gasteiger charge is -2.29. The van der Waals surface area contributed by atoms with E-state index in [0.29, 0.717) is 5.69 Å². The fraction of sp³-hybridized carbons (Fsp3) is 0.714. The summed E-state index contributed by atoms with van der Waals surface area (Å²) in [6.45, 7) is 4.55. The quantitative estimate of drug-likeness (QED) is 0.809. The van der Waals surface area contributed by atoms with Gasteiger partial charge in [-0.2, -0.15) is 0 Å². The molecule has 120 valence electrons. The first kappa shape index (κ1) is 16.5. The van der Waals surface area contributed by atoms with Crippen LogP contribution in [0.15, 0.2) is 17.2 Å². The van der Waals surface area contributed by atoms with Crippen LogP contribution in [-0.4, -0.2) is 48.7 Å². The standard InChI is InChI=1S/C14H25N3O3S/c1-12(9-17-6-4-3-5-7-17)15-21(19,20)14-8-13(11-18)16(2)10-14/h8,10,12,15,18H,3-7,9,11H2,1-2H3. The van der Waals surface area contributed by atoms with E-state index in [4.69, 9.17) is 5.11 Å². The summed E-state index contributed by atoms with van der Waals surface area (Å²) in [6, 6.07) is 1.38. The Morgan fingerprint density at radius 2 is 2.00 bits per heavy atom. The van der Waals surface area contributed by atoms with E-state index in [2.05, 4.69) is 9.62 Å². The van der Waals surface area contributed by atoms with E-state index in [1.54, 1.807) is 11.6 Å². The first-order valence-electron chi connectivity index (χ1n) is 7.43. The van der Waals surface area contributed by atoms with E-state index in [0.717, 1.165) is 19.6 Å². The van der Waals surface area contributed by atoms with Gasteiger partial charge in [0.15, 0.2) is 0 Å². The molecule has 1 aliphatic heterocycles. The number of likely N-dealkylation sites (tertiary alicyclic amines) is 1. The fourth-order valence-electron chi connectivity index (χ4n) is 2.78. The summed E-state index contributed by atoms with van der Waals surface area (Å²) in [4.78, 5) is 2.51. The Morgan fingerprint density at radius 3 is 2.57 bits per heavy atom. The van der Waals surface area contributed by atoms with Crippen LogP contribution in [0, 0.1) is 0 Å². The Hall–Kier alpha value is -0.890. The number of piperidine rings is 1. The van der Waals surface area contributed by atoms with Crippen LogP contribution in [0.1, 0.15) is 31.9 Å². The molecule has 2 rings (SSSR count). The second-order valence-electron chi connectivity index (χ2n) is 5.82. The second-order valence-corrected chi connectivity index (χ2v) is 7.53. The molecule has 0 aliphatic carbocycles. The largest absolute Gasteiger partial charge is 0.390 e. The van der Waals surface area contributed by atoms with Gasteiger partial charge < -0.3 is 14.6 Å². The average Bonchev–Trinajstić information content (AvgIpc) is 2.81. The van der Waals surface area contributed by atoms with Crippen LogP contribution in [-0.2, 0) is 23.7 Å². The monoisotopic (exact) mass is 315 g/mol. The molecule has 1 aliphatic rings. The molecule has 0 aromatic carbocycles. The zero-order chi connectivity index (χ0) is 15.5. The van der Waals surface area contributed by atoms with E-state index in [9.17, 15) is 8.42 Å². The highest BCUT2D eigenvalue weighted by Crippen LogP contribution is 2.14. The molecular formula is C14H25N3O3S. The summed E-state index contributed by atoms with van der Waals surface area (Å²) in [5.41, 5.74) is 0.582. The molecule has 0 spiro atoms. The lowest BCUT2D eigenvalue weighted by Crippen LogP contribution is -2.43. The normalized spacial score (nSPS) is 18.8. The molecule has 2 N–H and O–H groups in total. The topological polar surface area (TPSA) is 74.6 Å². The fourth-order valence-corrected chi connectivity index (χ4v) is 4.11. The number of aliphatic hydroxyl groups excluding tert-OH is 1. The third-order valence-corrected chi connectivity index (χ3v) is 5.45. The summed E-state index contributed by atoms with van der Waals surface area (Å²) in [5.74, 6) is 0. The summed E-state index contributed by atoms with van der Waals surface area (Å²) in [6.07, 6.45) is 5.18. The van der Waals surface area contributed by atoms with Gasteiger partial charge in [-0.1, -0.05) is 6.42 Å².